The second-order valence-electron chi connectivity index (χ2n) is 6.82. The summed E-state index contributed by atoms with van der Waals surface area (Å²) < 4.78 is 100. The summed E-state index contributed by atoms with van der Waals surface area (Å²) in [5, 5.41) is 2.15. The van der Waals surface area contributed by atoms with Gasteiger partial charge in [0.1, 0.15) is 22.8 Å². The van der Waals surface area contributed by atoms with Gasteiger partial charge in [0.15, 0.2) is 5.82 Å². The summed E-state index contributed by atoms with van der Waals surface area (Å²) in [6.45, 7) is 0. The van der Waals surface area contributed by atoms with Crippen molar-refractivity contribution in [3.05, 3.63) is 83.2 Å². The standard InChI is InChI=1S/C22H13F7N2O4/c23-18-15(21(24,25)26)8-9-16(34-13-4-6-14(7-5-13)35-22(27,28)29)17(18)20(33)31-12-3-1-2-11(10-12)19(30)32/h1-10H,(H2,30,32)(H,31,33). The van der Waals surface area contributed by atoms with E-state index in [1.54, 1.807) is 0 Å². The number of hydrogen-bond acceptors (Lipinski definition) is 4. The molecule has 0 aromatic heterocycles. The Labute approximate surface area is 192 Å². The number of ether oxygens (including phenoxy) is 2. The van der Waals surface area contributed by atoms with Crippen molar-refractivity contribution in [2.75, 3.05) is 5.32 Å². The molecule has 3 aromatic rings. The molecule has 0 unspecified atom stereocenters. The summed E-state index contributed by atoms with van der Waals surface area (Å²) in [6.07, 6.45) is -10.1. The summed E-state index contributed by atoms with van der Waals surface area (Å²) in [6, 6.07) is 9.67. The minimum absolute atomic E-state index is 0.0371. The molecule has 35 heavy (non-hydrogen) atoms. The Bertz CT molecular complexity index is 1260. The lowest BCUT2D eigenvalue weighted by Gasteiger charge is -2.16. The van der Waals surface area contributed by atoms with Crippen molar-refractivity contribution >= 4 is 17.5 Å². The molecule has 13 heteroatoms. The first kappa shape index (κ1) is 25.3. The summed E-state index contributed by atoms with van der Waals surface area (Å²) in [5.41, 5.74) is 2.13. The molecule has 184 valence electrons. The zero-order valence-electron chi connectivity index (χ0n) is 17.1. The highest BCUT2D eigenvalue weighted by molar-refractivity contribution is 6.07. The molecular formula is C22H13F7N2O4. The maximum atomic E-state index is 14.9. The van der Waals surface area contributed by atoms with Crippen LogP contribution in [0.2, 0.25) is 0 Å². The van der Waals surface area contributed by atoms with Crippen molar-refractivity contribution < 1.29 is 49.8 Å². The number of carbonyl (C=O) groups excluding carboxylic acids is 2. The number of carbonyl (C=O) groups is 2. The second-order valence-corrected chi connectivity index (χ2v) is 6.82. The van der Waals surface area contributed by atoms with Crippen molar-refractivity contribution in [2.24, 2.45) is 5.73 Å². The number of anilines is 1. The highest BCUT2D eigenvalue weighted by atomic mass is 19.4. The molecule has 0 saturated heterocycles. The number of primary amides is 1. The van der Waals surface area contributed by atoms with Gasteiger partial charge in [-0.25, -0.2) is 4.39 Å². The van der Waals surface area contributed by atoms with Gasteiger partial charge in [-0.2, -0.15) is 13.2 Å². The molecule has 0 bridgehead atoms. The molecule has 0 saturated carbocycles. The van der Waals surface area contributed by atoms with E-state index in [4.69, 9.17) is 10.5 Å². The van der Waals surface area contributed by atoms with Gasteiger partial charge in [-0.3, -0.25) is 9.59 Å². The molecule has 0 radical (unpaired) electrons. The Balaban J connectivity index is 1.98. The van der Waals surface area contributed by atoms with E-state index in [2.05, 4.69) is 10.1 Å². The van der Waals surface area contributed by atoms with E-state index in [1.807, 2.05) is 0 Å². The Morgan fingerprint density at radius 2 is 1.49 bits per heavy atom. The smallest absolute Gasteiger partial charge is 0.456 e. The maximum Gasteiger partial charge on any atom is 0.573 e. The Morgan fingerprint density at radius 1 is 0.857 bits per heavy atom. The molecule has 0 heterocycles. The predicted octanol–water partition coefficient (Wildman–Crippen LogP) is 5.89. The number of halogens is 7. The fourth-order valence-corrected chi connectivity index (χ4v) is 2.85. The number of hydrogen-bond donors (Lipinski definition) is 2. The topological polar surface area (TPSA) is 90.7 Å². The zero-order valence-corrected chi connectivity index (χ0v) is 17.1. The van der Waals surface area contributed by atoms with Crippen LogP contribution in [0.3, 0.4) is 0 Å². The van der Waals surface area contributed by atoms with Crippen LogP contribution in [0, 0.1) is 5.82 Å². The van der Waals surface area contributed by atoms with E-state index in [0.717, 1.165) is 30.3 Å². The van der Waals surface area contributed by atoms with Crippen molar-refractivity contribution in [1.29, 1.82) is 0 Å². The number of amides is 2. The number of nitrogens with one attached hydrogen (secondary N) is 1. The number of rotatable bonds is 6. The van der Waals surface area contributed by atoms with Crippen LogP contribution in [-0.2, 0) is 6.18 Å². The molecule has 0 spiro atoms. The molecule has 0 aliphatic heterocycles. The average molecular weight is 502 g/mol. The van der Waals surface area contributed by atoms with Gasteiger partial charge >= 0.3 is 12.5 Å². The number of alkyl halides is 6. The highest BCUT2D eigenvalue weighted by Crippen LogP contribution is 2.38. The highest BCUT2D eigenvalue weighted by Gasteiger charge is 2.37. The minimum Gasteiger partial charge on any atom is -0.456 e. The first-order valence-electron chi connectivity index (χ1n) is 9.39. The van der Waals surface area contributed by atoms with E-state index in [0.29, 0.717) is 12.1 Å². The van der Waals surface area contributed by atoms with Crippen LogP contribution in [0.25, 0.3) is 0 Å². The lowest BCUT2D eigenvalue weighted by Crippen LogP contribution is -2.19. The van der Waals surface area contributed by atoms with E-state index in [1.165, 1.54) is 18.2 Å². The first-order chi connectivity index (χ1) is 16.2. The summed E-state index contributed by atoms with van der Waals surface area (Å²) in [5.74, 6) is -5.67. The quantitative estimate of drug-likeness (QED) is 0.412. The van der Waals surface area contributed by atoms with Crippen molar-refractivity contribution in [2.45, 2.75) is 12.5 Å². The van der Waals surface area contributed by atoms with Crippen LogP contribution in [0.4, 0.5) is 36.4 Å². The number of benzene rings is 3. The lowest BCUT2D eigenvalue weighted by molar-refractivity contribution is -0.274. The van der Waals surface area contributed by atoms with Gasteiger partial charge in [-0.15, -0.1) is 13.2 Å². The van der Waals surface area contributed by atoms with Crippen molar-refractivity contribution in [3.8, 4) is 17.2 Å². The molecule has 0 atom stereocenters. The van der Waals surface area contributed by atoms with Crippen LogP contribution in [-0.4, -0.2) is 18.2 Å². The zero-order chi connectivity index (χ0) is 26.0. The normalized spacial score (nSPS) is 11.6. The first-order valence-corrected chi connectivity index (χ1v) is 9.39. The fourth-order valence-electron chi connectivity index (χ4n) is 2.85. The third kappa shape index (κ3) is 6.40. The average Bonchev–Trinajstić information content (AvgIpc) is 2.73. The molecule has 0 aliphatic rings. The van der Waals surface area contributed by atoms with Crippen LogP contribution < -0.4 is 20.5 Å². The molecule has 0 fully saturated rings. The van der Waals surface area contributed by atoms with Crippen molar-refractivity contribution in [3.63, 3.8) is 0 Å². The monoisotopic (exact) mass is 502 g/mol. The van der Waals surface area contributed by atoms with Gasteiger partial charge < -0.3 is 20.5 Å². The lowest BCUT2D eigenvalue weighted by atomic mass is 10.1. The van der Waals surface area contributed by atoms with Gasteiger partial charge in [0, 0.05) is 11.3 Å². The minimum atomic E-state index is -5.15. The molecule has 3 rings (SSSR count). The third-order valence-electron chi connectivity index (χ3n) is 4.33. The van der Waals surface area contributed by atoms with Crippen LogP contribution in [0.5, 0.6) is 17.2 Å². The Hall–Kier alpha value is -4.29. The largest absolute Gasteiger partial charge is 0.573 e. The SMILES string of the molecule is NC(=O)c1cccc(NC(=O)c2c(Oc3ccc(OC(F)(F)F)cc3)ccc(C(F)(F)F)c2F)c1. The van der Waals surface area contributed by atoms with Crippen LogP contribution in [0.1, 0.15) is 26.3 Å². The summed E-state index contributed by atoms with van der Waals surface area (Å²) in [7, 11) is 0. The molecular weight excluding hydrogens is 489 g/mol. The molecule has 3 N–H and O–H groups in total. The summed E-state index contributed by atoms with van der Waals surface area (Å²) in [4.78, 5) is 24.1. The van der Waals surface area contributed by atoms with Gasteiger partial charge in [0.05, 0.1) is 5.56 Å². The third-order valence-corrected chi connectivity index (χ3v) is 4.33. The summed E-state index contributed by atoms with van der Waals surface area (Å²) >= 11 is 0. The van der Waals surface area contributed by atoms with Crippen LogP contribution in [0.15, 0.2) is 60.7 Å². The van der Waals surface area contributed by atoms with E-state index in [-0.39, 0.29) is 17.0 Å². The van der Waals surface area contributed by atoms with Gasteiger partial charge in [-0.1, -0.05) is 6.07 Å². The second kappa shape index (κ2) is 9.52. The predicted molar refractivity (Wildman–Crippen MR) is 108 cm³/mol. The van der Waals surface area contributed by atoms with Gasteiger partial charge in [-0.05, 0) is 54.6 Å². The number of nitrogens with two attached hydrogens (primary N) is 1. The van der Waals surface area contributed by atoms with E-state index in [9.17, 15) is 40.3 Å². The van der Waals surface area contributed by atoms with E-state index >= 15 is 0 Å². The van der Waals surface area contributed by atoms with Crippen LogP contribution >= 0.6 is 0 Å². The maximum absolute atomic E-state index is 14.9. The Kier molecular flexibility index (Phi) is 6.89. The van der Waals surface area contributed by atoms with Gasteiger partial charge in [0.25, 0.3) is 5.91 Å². The van der Waals surface area contributed by atoms with Gasteiger partial charge in [0.2, 0.25) is 5.91 Å². The fraction of sp³-hybridized carbons (Fsp3) is 0.0909. The molecule has 2 amide bonds. The molecule has 6 nitrogen and oxygen atoms in total. The molecule has 3 aromatic carbocycles. The molecule has 0 aliphatic carbocycles. The van der Waals surface area contributed by atoms with E-state index < -0.39 is 52.8 Å². The Morgan fingerprint density at radius 3 is 2.06 bits per heavy atom. The van der Waals surface area contributed by atoms with Crippen molar-refractivity contribution in [1.82, 2.24) is 0 Å².